The van der Waals surface area contributed by atoms with E-state index in [4.69, 9.17) is 0 Å². The average Bonchev–Trinajstić information content (AvgIpc) is 2.74. The molecule has 0 aliphatic carbocycles. The highest BCUT2D eigenvalue weighted by Gasteiger charge is 2.40. The third-order valence-electron chi connectivity index (χ3n) is 4.02. The molecule has 2 amide bonds. The first kappa shape index (κ1) is 15.2. The second-order valence-corrected chi connectivity index (χ2v) is 7.31. The van der Waals surface area contributed by atoms with Gasteiger partial charge in [-0.1, -0.05) is 32.9 Å². The summed E-state index contributed by atoms with van der Waals surface area (Å²) in [6, 6.07) is 5.54. The molecule has 1 aromatic rings. The maximum Gasteiger partial charge on any atom is 0.261 e. The average molecular weight is 338 g/mol. The summed E-state index contributed by atoms with van der Waals surface area (Å²) in [4.78, 5) is 26.1. The van der Waals surface area contributed by atoms with Crippen molar-refractivity contribution in [2.24, 2.45) is 11.3 Å². The van der Waals surface area contributed by atoms with Gasteiger partial charge in [-0.05, 0) is 45.8 Å². The number of aryl methyl sites for hydroxylation is 1. The number of nitrogens with zero attached hydrogens (tertiary/aromatic N) is 1. The molecular formula is C16H20BrNO2. The molecule has 1 unspecified atom stereocenters. The van der Waals surface area contributed by atoms with Crippen molar-refractivity contribution >= 4 is 27.7 Å². The number of amides is 2. The zero-order valence-electron chi connectivity index (χ0n) is 12.4. The summed E-state index contributed by atoms with van der Waals surface area (Å²) < 4.78 is 0.775. The van der Waals surface area contributed by atoms with Crippen molar-refractivity contribution in [2.75, 3.05) is 6.54 Å². The first-order valence-corrected chi connectivity index (χ1v) is 7.61. The van der Waals surface area contributed by atoms with Crippen LogP contribution in [-0.4, -0.2) is 23.3 Å². The Morgan fingerprint density at radius 3 is 2.55 bits per heavy atom. The lowest BCUT2D eigenvalue weighted by Gasteiger charge is -2.26. The molecule has 1 heterocycles. The summed E-state index contributed by atoms with van der Waals surface area (Å²) >= 11 is 3.44. The molecule has 3 nitrogen and oxygen atoms in total. The smallest absolute Gasteiger partial charge is 0.261 e. The largest absolute Gasteiger partial charge is 0.278 e. The number of benzene rings is 1. The van der Waals surface area contributed by atoms with Crippen LogP contribution in [0, 0.1) is 18.3 Å². The van der Waals surface area contributed by atoms with Crippen LogP contribution in [0.15, 0.2) is 22.7 Å². The van der Waals surface area contributed by atoms with Crippen LogP contribution in [0.5, 0.6) is 0 Å². The van der Waals surface area contributed by atoms with Gasteiger partial charge >= 0.3 is 0 Å². The van der Waals surface area contributed by atoms with E-state index in [0.29, 0.717) is 18.5 Å². The van der Waals surface area contributed by atoms with Gasteiger partial charge in [0.2, 0.25) is 5.91 Å². The van der Waals surface area contributed by atoms with Gasteiger partial charge < -0.3 is 0 Å². The van der Waals surface area contributed by atoms with E-state index in [1.54, 1.807) is 6.07 Å². The topological polar surface area (TPSA) is 37.4 Å². The predicted molar refractivity (Wildman–Crippen MR) is 82.5 cm³/mol. The fraction of sp³-hybridized carbons (Fsp3) is 0.500. The van der Waals surface area contributed by atoms with E-state index >= 15 is 0 Å². The van der Waals surface area contributed by atoms with E-state index < -0.39 is 0 Å². The van der Waals surface area contributed by atoms with Gasteiger partial charge in [0, 0.05) is 17.4 Å². The van der Waals surface area contributed by atoms with Crippen molar-refractivity contribution in [1.29, 1.82) is 0 Å². The molecule has 1 aliphatic rings. The molecule has 2 rings (SSSR count). The number of carbonyl (C=O) groups is 2. The summed E-state index contributed by atoms with van der Waals surface area (Å²) in [5.74, 6) is -0.0387. The molecule has 20 heavy (non-hydrogen) atoms. The van der Waals surface area contributed by atoms with E-state index in [9.17, 15) is 9.59 Å². The zero-order chi connectivity index (χ0) is 15.1. The Labute approximate surface area is 128 Å². The van der Waals surface area contributed by atoms with Crippen LogP contribution in [0.2, 0.25) is 0 Å². The van der Waals surface area contributed by atoms with Crippen molar-refractivity contribution in [1.82, 2.24) is 4.90 Å². The van der Waals surface area contributed by atoms with E-state index in [0.717, 1.165) is 10.0 Å². The Bertz CT molecular complexity index is 560. The van der Waals surface area contributed by atoms with Gasteiger partial charge in [-0.25, -0.2) is 0 Å². The SMILES string of the molecule is Cc1cccc(C(=O)N2CC(C(C)(C)C)CC2=O)c1Br. The van der Waals surface area contributed by atoms with Crippen molar-refractivity contribution in [3.63, 3.8) is 0 Å². The molecule has 1 aliphatic heterocycles. The highest BCUT2D eigenvalue weighted by molar-refractivity contribution is 9.10. The van der Waals surface area contributed by atoms with Crippen molar-refractivity contribution in [2.45, 2.75) is 34.1 Å². The van der Waals surface area contributed by atoms with Gasteiger partial charge in [0.05, 0.1) is 5.56 Å². The summed E-state index contributed by atoms with van der Waals surface area (Å²) in [5, 5.41) is 0. The van der Waals surface area contributed by atoms with Crippen LogP contribution in [0.4, 0.5) is 0 Å². The lowest BCUT2D eigenvalue weighted by atomic mass is 9.80. The molecule has 108 valence electrons. The second kappa shape index (κ2) is 5.32. The number of rotatable bonds is 1. The minimum atomic E-state index is -0.197. The molecule has 1 atom stereocenters. The van der Waals surface area contributed by atoms with Gasteiger partial charge in [-0.2, -0.15) is 0 Å². The molecule has 0 aromatic heterocycles. The zero-order valence-corrected chi connectivity index (χ0v) is 14.0. The predicted octanol–water partition coefficient (Wildman–Crippen LogP) is 3.79. The van der Waals surface area contributed by atoms with Gasteiger partial charge in [0.25, 0.3) is 5.91 Å². The Morgan fingerprint density at radius 1 is 1.35 bits per heavy atom. The fourth-order valence-electron chi connectivity index (χ4n) is 2.44. The molecule has 0 spiro atoms. The molecule has 0 bridgehead atoms. The van der Waals surface area contributed by atoms with Crippen LogP contribution in [0.25, 0.3) is 0 Å². The van der Waals surface area contributed by atoms with Crippen molar-refractivity contribution in [3.05, 3.63) is 33.8 Å². The summed E-state index contributed by atoms with van der Waals surface area (Å²) in [6.45, 7) is 8.79. The van der Waals surface area contributed by atoms with Crippen molar-refractivity contribution < 1.29 is 9.59 Å². The highest BCUT2D eigenvalue weighted by atomic mass is 79.9. The molecule has 0 radical (unpaired) electrons. The standard InChI is InChI=1S/C16H20BrNO2/c1-10-6-5-7-12(14(10)17)15(20)18-9-11(8-13(18)19)16(2,3)4/h5-7,11H,8-9H2,1-4H3. The Balaban J connectivity index is 2.26. The number of hydrogen-bond donors (Lipinski definition) is 0. The third-order valence-corrected chi connectivity index (χ3v) is 5.07. The Hall–Kier alpha value is -1.16. The minimum absolute atomic E-state index is 0.0362. The molecular weight excluding hydrogens is 318 g/mol. The summed E-state index contributed by atoms with van der Waals surface area (Å²) in [5.41, 5.74) is 1.59. The van der Waals surface area contributed by atoms with E-state index in [1.807, 2.05) is 19.1 Å². The summed E-state index contributed by atoms with van der Waals surface area (Å²) in [7, 11) is 0. The van der Waals surface area contributed by atoms with Gasteiger partial charge in [0.1, 0.15) is 0 Å². The number of carbonyl (C=O) groups excluding carboxylic acids is 2. The highest BCUT2D eigenvalue weighted by Crippen LogP contribution is 2.35. The molecule has 1 saturated heterocycles. The Morgan fingerprint density at radius 2 is 2.00 bits per heavy atom. The molecule has 4 heteroatoms. The number of likely N-dealkylation sites (tertiary alicyclic amines) is 1. The van der Waals surface area contributed by atoms with E-state index in [2.05, 4.69) is 36.7 Å². The third kappa shape index (κ3) is 2.80. The minimum Gasteiger partial charge on any atom is -0.278 e. The Kier molecular flexibility index (Phi) is 4.05. The van der Waals surface area contributed by atoms with Crippen LogP contribution < -0.4 is 0 Å². The number of halogens is 1. The lowest BCUT2D eigenvalue weighted by molar-refractivity contribution is -0.125. The van der Waals surface area contributed by atoms with Crippen LogP contribution in [0.3, 0.4) is 0 Å². The molecule has 0 saturated carbocycles. The maximum atomic E-state index is 12.6. The van der Waals surface area contributed by atoms with Gasteiger partial charge in [-0.3, -0.25) is 14.5 Å². The second-order valence-electron chi connectivity index (χ2n) is 6.51. The molecule has 1 fully saturated rings. The number of imide groups is 1. The van der Waals surface area contributed by atoms with Crippen molar-refractivity contribution in [3.8, 4) is 0 Å². The molecule has 0 N–H and O–H groups in total. The number of hydrogen-bond acceptors (Lipinski definition) is 2. The maximum absolute atomic E-state index is 12.6. The fourth-order valence-corrected chi connectivity index (χ4v) is 2.88. The monoisotopic (exact) mass is 337 g/mol. The summed E-state index contributed by atoms with van der Waals surface area (Å²) in [6.07, 6.45) is 0.457. The van der Waals surface area contributed by atoms with Gasteiger partial charge in [0.15, 0.2) is 0 Å². The van der Waals surface area contributed by atoms with Crippen LogP contribution in [0.1, 0.15) is 43.1 Å². The quantitative estimate of drug-likeness (QED) is 0.731. The van der Waals surface area contributed by atoms with E-state index in [1.165, 1.54) is 4.90 Å². The normalized spacial score (nSPS) is 19.6. The first-order chi connectivity index (χ1) is 9.21. The van der Waals surface area contributed by atoms with Gasteiger partial charge in [-0.15, -0.1) is 0 Å². The van der Waals surface area contributed by atoms with Crippen LogP contribution in [-0.2, 0) is 4.79 Å². The van der Waals surface area contributed by atoms with E-state index in [-0.39, 0.29) is 23.1 Å². The molecule has 1 aromatic carbocycles. The first-order valence-electron chi connectivity index (χ1n) is 6.81. The van der Waals surface area contributed by atoms with Crippen LogP contribution >= 0.6 is 15.9 Å². The lowest BCUT2D eigenvalue weighted by Crippen LogP contribution is -2.33.